The van der Waals surface area contributed by atoms with E-state index in [1.165, 1.54) is 0 Å². The van der Waals surface area contributed by atoms with Crippen LogP contribution in [0.2, 0.25) is 0 Å². The highest BCUT2D eigenvalue weighted by molar-refractivity contribution is 7.90. The third kappa shape index (κ3) is 6.30. The zero-order valence-corrected chi connectivity index (χ0v) is 23.9. The Bertz CT molecular complexity index is 1680. The lowest BCUT2D eigenvalue weighted by atomic mass is 10.0. The predicted molar refractivity (Wildman–Crippen MR) is 144 cm³/mol. The molecule has 2 aliphatic rings. The zero-order chi connectivity index (χ0) is 31.1. The first-order chi connectivity index (χ1) is 19.5. The number of imidazole rings is 1. The van der Waals surface area contributed by atoms with Gasteiger partial charge in [0.25, 0.3) is 11.8 Å². The van der Waals surface area contributed by atoms with Crippen LogP contribution in [0.15, 0.2) is 35.4 Å². The minimum atomic E-state index is -5.08. The second kappa shape index (κ2) is 11.2. The summed E-state index contributed by atoms with van der Waals surface area (Å²) in [5, 5.41) is 9.69. The summed E-state index contributed by atoms with van der Waals surface area (Å²) < 4.78 is 57.2. The molecule has 1 fully saturated rings. The Morgan fingerprint density at radius 2 is 1.83 bits per heavy atom. The maximum atomic E-state index is 13.2. The highest BCUT2D eigenvalue weighted by Crippen LogP contribution is 2.41. The van der Waals surface area contributed by atoms with Crippen LogP contribution in [0.3, 0.4) is 0 Å². The number of carboxylic acids is 1. The van der Waals surface area contributed by atoms with Gasteiger partial charge in [-0.25, -0.2) is 18.2 Å². The van der Waals surface area contributed by atoms with E-state index in [0.717, 1.165) is 30.2 Å². The first-order valence-corrected chi connectivity index (χ1v) is 14.7. The Balaban J connectivity index is 0.000000517. The van der Waals surface area contributed by atoms with Crippen molar-refractivity contribution in [3.8, 4) is 22.6 Å². The summed E-state index contributed by atoms with van der Waals surface area (Å²) in [6, 6.07) is 7.12. The van der Waals surface area contributed by atoms with Crippen molar-refractivity contribution in [1.29, 1.82) is 0 Å². The Morgan fingerprint density at radius 3 is 2.38 bits per heavy atom. The number of rotatable bonds is 6. The van der Waals surface area contributed by atoms with Crippen LogP contribution < -0.4 is 5.32 Å². The molecule has 5 rings (SSSR count). The van der Waals surface area contributed by atoms with E-state index in [4.69, 9.17) is 9.90 Å². The molecule has 3 aromatic rings. The van der Waals surface area contributed by atoms with E-state index in [9.17, 15) is 31.2 Å². The second-order valence-corrected chi connectivity index (χ2v) is 12.1. The number of aromatic amines is 1. The molecule has 0 bridgehead atoms. The summed E-state index contributed by atoms with van der Waals surface area (Å²) in [6.07, 6.45) is -0.142. The maximum Gasteiger partial charge on any atom is 0.490 e. The van der Waals surface area contributed by atoms with E-state index in [2.05, 4.69) is 20.3 Å². The van der Waals surface area contributed by atoms with Crippen molar-refractivity contribution in [3.63, 3.8) is 0 Å². The molecule has 224 valence electrons. The summed E-state index contributed by atoms with van der Waals surface area (Å²) in [4.78, 5) is 47.9. The van der Waals surface area contributed by atoms with E-state index < -0.39 is 22.0 Å². The van der Waals surface area contributed by atoms with E-state index in [0.29, 0.717) is 35.2 Å². The molecule has 0 saturated heterocycles. The fraction of sp³-hybridized carbons (Fsp3) is 0.370. The number of carboxylic acid groups (broad SMARTS) is 1. The minimum Gasteiger partial charge on any atom is -0.475 e. The predicted octanol–water partition coefficient (Wildman–Crippen LogP) is 3.60. The standard InChI is InChI=1S/C25H27N5O4S.C2HF3O2/c1-13-22(24(31)26-3)29-23(28-13)19-10-16(7-8-27-19)17-9-18-12-30(14(2)15-5-6-15)25(32)21(18)20(11-17)35(4,33)34;3-2(4,5)1(6)7/h7-11,14-15H,5-6,12H2,1-4H3,(H,26,31)(H,28,29);(H,6,7)/t14-;/m0./s1. The average molecular weight is 608 g/mol. The van der Waals surface area contributed by atoms with E-state index in [1.54, 1.807) is 43.3 Å². The number of fused-ring (bicyclic) bond motifs is 1. The highest BCUT2D eigenvalue weighted by atomic mass is 32.2. The minimum absolute atomic E-state index is 0.0506. The number of aliphatic carboxylic acids is 1. The van der Waals surface area contributed by atoms with Crippen molar-refractivity contribution >= 4 is 27.6 Å². The Labute approximate surface area is 239 Å². The van der Waals surface area contributed by atoms with Crippen molar-refractivity contribution in [2.75, 3.05) is 13.3 Å². The van der Waals surface area contributed by atoms with Gasteiger partial charge >= 0.3 is 12.1 Å². The lowest BCUT2D eigenvalue weighted by molar-refractivity contribution is -0.192. The molecule has 0 radical (unpaired) electrons. The number of sulfone groups is 1. The SMILES string of the molecule is CNC(=O)c1nc(-c2cc(-c3cc4c(c(S(C)(=O)=O)c3)C(=O)N([C@@H](C)C3CC3)C4)ccn2)[nH]c1C.O=C(O)C(F)(F)F. The molecule has 15 heteroatoms. The van der Waals surface area contributed by atoms with Gasteiger partial charge in [0, 0.05) is 37.8 Å². The number of alkyl halides is 3. The van der Waals surface area contributed by atoms with E-state index in [1.807, 2.05) is 13.0 Å². The van der Waals surface area contributed by atoms with Gasteiger partial charge < -0.3 is 20.3 Å². The van der Waals surface area contributed by atoms with Gasteiger partial charge in [-0.05, 0) is 73.6 Å². The number of nitrogens with zero attached hydrogens (tertiary/aromatic N) is 3. The molecule has 1 aliphatic carbocycles. The van der Waals surface area contributed by atoms with Crippen LogP contribution in [0.1, 0.15) is 51.9 Å². The Hall–Kier alpha value is -4.27. The monoisotopic (exact) mass is 607 g/mol. The van der Waals surface area contributed by atoms with Gasteiger partial charge in [0.05, 0.1) is 10.5 Å². The maximum absolute atomic E-state index is 13.2. The van der Waals surface area contributed by atoms with Gasteiger partial charge in [0.2, 0.25) is 0 Å². The summed E-state index contributed by atoms with van der Waals surface area (Å²) >= 11 is 0. The summed E-state index contributed by atoms with van der Waals surface area (Å²) in [5.41, 5.74) is 3.84. The topological polar surface area (TPSA) is 162 Å². The van der Waals surface area contributed by atoms with E-state index in [-0.39, 0.29) is 34.0 Å². The molecule has 11 nitrogen and oxygen atoms in total. The van der Waals surface area contributed by atoms with Crippen LogP contribution in [0.5, 0.6) is 0 Å². The average Bonchev–Trinajstić information content (AvgIpc) is 3.62. The van der Waals surface area contributed by atoms with E-state index >= 15 is 0 Å². The summed E-state index contributed by atoms with van der Waals surface area (Å²) in [5.74, 6) is -2.35. The number of benzene rings is 1. The van der Waals surface area contributed by atoms with Crippen molar-refractivity contribution in [1.82, 2.24) is 25.2 Å². The number of nitrogens with one attached hydrogen (secondary N) is 2. The molecule has 0 unspecified atom stereocenters. The quantitative estimate of drug-likeness (QED) is 0.383. The van der Waals surface area contributed by atoms with Gasteiger partial charge in [-0.1, -0.05) is 0 Å². The number of carbonyl (C=O) groups excluding carboxylic acids is 2. The molecule has 0 spiro atoms. The number of hydrogen-bond acceptors (Lipinski definition) is 7. The number of aryl methyl sites for hydroxylation is 1. The summed E-state index contributed by atoms with van der Waals surface area (Å²) in [6.45, 7) is 4.19. The molecule has 1 aliphatic heterocycles. The first-order valence-electron chi connectivity index (χ1n) is 12.8. The van der Waals surface area contributed by atoms with Crippen LogP contribution in [-0.2, 0) is 21.2 Å². The largest absolute Gasteiger partial charge is 0.490 e. The normalized spacial score (nSPS) is 15.5. The molecule has 3 heterocycles. The Kier molecular flexibility index (Phi) is 8.18. The second-order valence-electron chi connectivity index (χ2n) is 10.2. The number of H-pyrrole nitrogens is 1. The molecular weight excluding hydrogens is 579 g/mol. The third-order valence-electron chi connectivity index (χ3n) is 7.10. The van der Waals surface area contributed by atoms with Gasteiger partial charge in [-0.3, -0.25) is 14.6 Å². The smallest absolute Gasteiger partial charge is 0.475 e. The molecule has 1 saturated carbocycles. The highest BCUT2D eigenvalue weighted by Gasteiger charge is 2.41. The van der Waals surface area contributed by atoms with Gasteiger partial charge in [0.15, 0.2) is 15.7 Å². The van der Waals surface area contributed by atoms with Crippen LogP contribution >= 0.6 is 0 Å². The molecule has 3 N–H and O–H groups in total. The number of carbonyl (C=O) groups is 3. The fourth-order valence-electron chi connectivity index (χ4n) is 4.72. The Morgan fingerprint density at radius 1 is 1.19 bits per heavy atom. The molecular formula is C27H28F3N5O6S. The number of hydrogen-bond donors (Lipinski definition) is 3. The first kappa shape index (κ1) is 30.7. The van der Waals surface area contributed by atoms with Crippen molar-refractivity contribution in [2.24, 2.45) is 5.92 Å². The zero-order valence-electron chi connectivity index (χ0n) is 23.0. The number of halogens is 3. The number of aromatic nitrogens is 3. The molecule has 1 atom stereocenters. The lowest BCUT2D eigenvalue weighted by Crippen LogP contribution is -2.35. The molecule has 42 heavy (non-hydrogen) atoms. The number of pyridine rings is 1. The van der Waals surface area contributed by atoms with Crippen LogP contribution in [0.25, 0.3) is 22.6 Å². The van der Waals surface area contributed by atoms with Gasteiger partial charge in [-0.2, -0.15) is 13.2 Å². The van der Waals surface area contributed by atoms with Gasteiger partial charge in [0.1, 0.15) is 11.4 Å². The number of amides is 2. The van der Waals surface area contributed by atoms with Gasteiger partial charge in [-0.15, -0.1) is 0 Å². The van der Waals surface area contributed by atoms with Crippen molar-refractivity contribution in [2.45, 2.75) is 50.3 Å². The molecule has 2 aromatic heterocycles. The van der Waals surface area contributed by atoms with Crippen LogP contribution in [0, 0.1) is 12.8 Å². The fourth-order valence-corrected chi connectivity index (χ4v) is 5.65. The van der Waals surface area contributed by atoms with Crippen molar-refractivity contribution in [3.05, 3.63) is 53.0 Å². The third-order valence-corrected chi connectivity index (χ3v) is 8.22. The van der Waals surface area contributed by atoms with Crippen molar-refractivity contribution < 1.29 is 41.1 Å². The molecule has 1 aromatic carbocycles. The lowest BCUT2D eigenvalue weighted by Gasteiger charge is -2.24. The molecule has 2 amide bonds. The van der Waals surface area contributed by atoms with Crippen LogP contribution in [0.4, 0.5) is 13.2 Å². The van der Waals surface area contributed by atoms with Crippen LogP contribution in [-0.4, -0.2) is 76.7 Å². The summed E-state index contributed by atoms with van der Waals surface area (Å²) in [7, 11) is -2.11.